The maximum absolute atomic E-state index is 15.0. The fourth-order valence-electron chi connectivity index (χ4n) is 6.59. The van der Waals surface area contributed by atoms with E-state index in [1.165, 1.54) is 4.90 Å². The molecule has 0 bridgehead atoms. The van der Waals surface area contributed by atoms with Crippen molar-refractivity contribution in [1.82, 2.24) is 4.90 Å². The monoisotopic (exact) mass is 641 g/mol. The molecule has 4 rings (SSSR count). The SMILES string of the molecule is CCCC(C)(C)[C@@H](O)C(=O)N1CC[C@@]2(S(=O)(=O)c3ccc(F)cc3)c3ccc(C(F)(C(F)(F)F)C(F)(F)F)cc3CC[C@@H]12. The molecule has 0 spiro atoms. The first-order chi connectivity index (χ1) is 19.7. The number of nitrogens with zero attached hydrogens (tertiary/aromatic N) is 1. The number of halogens is 8. The number of fused-ring (bicyclic) bond motifs is 3. The molecule has 0 radical (unpaired) electrons. The highest BCUT2D eigenvalue weighted by Crippen LogP contribution is 2.57. The molecule has 0 unspecified atom stereocenters. The summed E-state index contributed by atoms with van der Waals surface area (Å²) in [5, 5.41) is 11.0. The third-order valence-corrected chi connectivity index (χ3v) is 11.4. The lowest BCUT2D eigenvalue weighted by molar-refractivity contribution is -0.348. The van der Waals surface area contributed by atoms with Gasteiger partial charge in [0.05, 0.1) is 10.9 Å². The summed E-state index contributed by atoms with van der Waals surface area (Å²) in [6.45, 7) is 4.98. The smallest absolute Gasteiger partial charge is 0.383 e. The lowest BCUT2D eigenvalue weighted by Gasteiger charge is -2.44. The van der Waals surface area contributed by atoms with Crippen molar-refractivity contribution in [3.05, 3.63) is 65.0 Å². The predicted molar refractivity (Wildman–Crippen MR) is 140 cm³/mol. The third kappa shape index (κ3) is 5.01. The average molecular weight is 642 g/mol. The summed E-state index contributed by atoms with van der Waals surface area (Å²) in [4.78, 5) is 14.4. The molecule has 2 aromatic rings. The zero-order chi connectivity index (χ0) is 32.4. The largest absolute Gasteiger partial charge is 0.435 e. The Labute approximate surface area is 243 Å². The number of sulfone groups is 1. The molecule has 2 aromatic carbocycles. The minimum absolute atomic E-state index is 0.180. The highest BCUT2D eigenvalue weighted by atomic mass is 32.2. The number of hydrogen-bond donors (Lipinski definition) is 1. The van der Waals surface area contributed by atoms with Gasteiger partial charge in [-0.05, 0) is 66.5 Å². The summed E-state index contributed by atoms with van der Waals surface area (Å²) in [5.41, 5.74) is -8.80. The number of likely N-dealkylation sites (tertiary alicyclic amines) is 1. The van der Waals surface area contributed by atoms with Gasteiger partial charge in [0.15, 0.2) is 9.84 Å². The molecule has 5 nitrogen and oxygen atoms in total. The van der Waals surface area contributed by atoms with Crippen LogP contribution < -0.4 is 0 Å². The van der Waals surface area contributed by atoms with Gasteiger partial charge in [-0.1, -0.05) is 45.4 Å². The van der Waals surface area contributed by atoms with Gasteiger partial charge in [0.2, 0.25) is 0 Å². The number of alkyl halides is 7. The van der Waals surface area contributed by atoms with E-state index in [2.05, 4.69) is 0 Å². The van der Waals surface area contributed by atoms with E-state index in [0.29, 0.717) is 18.9 Å². The van der Waals surface area contributed by atoms with Crippen molar-refractivity contribution in [1.29, 1.82) is 0 Å². The minimum atomic E-state index is -6.37. The molecule has 238 valence electrons. The first-order valence-corrected chi connectivity index (χ1v) is 15.1. The Balaban J connectivity index is 1.92. The number of aryl methyl sites for hydroxylation is 1. The van der Waals surface area contributed by atoms with Crippen molar-refractivity contribution in [3.8, 4) is 0 Å². The summed E-state index contributed by atoms with van der Waals surface area (Å²) < 4.78 is 136. The van der Waals surface area contributed by atoms with Gasteiger partial charge < -0.3 is 10.0 Å². The molecule has 1 aliphatic carbocycles. The van der Waals surface area contributed by atoms with Crippen molar-refractivity contribution in [3.63, 3.8) is 0 Å². The second-order valence-corrected chi connectivity index (χ2v) is 14.1. The van der Waals surface area contributed by atoms with E-state index in [0.717, 1.165) is 30.3 Å². The number of amides is 1. The van der Waals surface area contributed by atoms with Gasteiger partial charge in [-0.15, -0.1) is 0 Å². The fourth-order valence-corrected chi connectivity index (χ4v) is 8.96. The number of aliphatic hydroxyl groups is 1. The highest BCUT2D eigenvalue weighted by Gasteiger charge is 2.74. The van der Waals surface area contributed by atoms with Gasteiger partial charge in [0, 0.05) is 12.1 Å². The van der Waals surface area contributed by atoms with Crippen LogP contribution in [0.5, 0.6) is 0 Å². The van der Waals surface area contributed by atoms with Crippen LogP contribution >= 0.6 is 0 Å². The van der Waals surface area contributed by atoms with Gasteiger partial charge >= 0.3 is 18.0 Å². The predicted octanol–water partition coefficient (Wildman–Crippen LogP) is 6.52. The van der Waals surface area contributed by atoms with Crippen LogP contribution in [0.15, 0.2) is 47.4 Å². The Bertz CT molecular complexity index is 1470. The topological polar surface area (TPSA) is 74.7 Å². The molecule has 1 aliphatic heterocycles. The Kier molecular flexibility index (Phi) is 8.26. The Hall–Kier alpha value is -2.74. The molecule has 1 saturated heterocycles. The molecular weight excluding hydrogens is 610 g/mol. The van der Waals surface area contributed by atoms with E-state index in [-0.39, 0.29) is 47.9 Å². The standard InChI is InChI=1S/C29H31F8NO4S/c1-4-13-25(2,3)23(39)24(40)38-15-14-26(43(41,42)20-9-7-19(30)8-10-20)21-11-6-18(16-17(21)5-12-22(26)38)27(31,28(32,33)34)29(35,36)37/h6-11,16,22-23,39H,4-5,12-15H2,1-3H3/t22-,23+,26-/m1/s1. The number of rotatable bonds is 7. The fraction of sp³-hybridized carbons (Fsp3) is 0.552. The maximum Gasteiger partial charge on any atom is 0.435 e. The molecule has 1 N–H and O–H groups in total. The van der Waals surface area contributed by atoms with Crippen LogP contribution in [0.4, 0.5) is 35.1 Å². The Morgan fingerprint density at radius 2 is 1.60 bits per heavy atom. The first-order valence-electron chi connectivity index (χ1n) is 13.6. The molecule has 1 heterocycles. The van der Waals surface area contributed by atoms with E-state index in [9.17, 15) is 53.4 Å². The minimum Gasteiger partial charge on any atom is -0.383 e. The molecular formula is C29H31F8NO4S. The van der Waals surface area contributed by atoms with E-state index in [1.807, 2.05) is 6.92 Å². The zero-order valence-electron chi connectivity index (χ0n) is 23.5. The normalized spacial score (nSPS) is 22.2. The average Bonchev–Trinajstić information content (AvgIpc) is 3.32. The van der Waals surface area contributed by atoms with Crippen LogP contribution in [0, 0.1) is 11.2 Å². The number of carbonyl (C=O) groups excluding carboxylic acids is 1. The number of carbonyl (C=O) groups is 1. The molecule has 14 heteroatoms. The van der Waals surface area contributed by atoms with Crippen LogP contribution in [0.2, 0.25) is 0 Å². The van der Waals surface area contributed by atoms with Gasteiger partial charge in [0.25, 0.3) is 5.91 Å². The quantitative estimate of drug-likeness (QED) is 0.276. The Morgan fingerprint density at radius 1 is 1.02 bits per heavy atom. The highest BCUT2D eigenvalue weighted by molar-refractivity contribution is 7.92. The summed E-state index contributed by atoms with van der Waals surface area (Å²) in [7, 11) is -4.61. The van der Waals surface area contributed by atoms with Crippen LogP contribution in [-0.2, 0) is 31.5 Å². The lowest BCUT2D eigenvalue weighted by Crippen LogP contribution is -2.55. The second kappa shape index (κ2) is 10.7. The Morgan fingerprint density at radius 3 is 2.14 bits per heavy atom. The molecule has 2 aliphatic rings. The number of aliphatic hydroxyl groups excluding tert-OH is 1. The summed E-state index contributed by atoms with van der Waals surface area (Å²) in [5.74, 6) is -1.53. The van der Waals surface area contributed by atoms with Crippen molar-refractivity contribution in [2.24, 2.45) is 5.41 Å². The van der Waals surface area contributed by atoms with E-state index >= 15 is 0 Å². The number of benzene rings is 2. The zero-order valence-corrected chi connectivity index (χ0v) is 24.3. The molecule has 1 amide bonds. The molecule has 1 fully saturated rings. The van der Waals surface area contributed by atoms with Crippen molar-refractivity contribution in [2.45, 2.75) is 92.7 Å². The molecule has 0 aromatic heterocycles. The van der Waals surface area contributed by atoms with Crippen LogP contribution in [0.25, 0.3) is 0 Å². The van der Waals surface area contributed by atoms with Gasteiger partial charge in [0.1, 0.15) is 16.7 Å². The lowest BCUT2D eigenvalue weighted by atomic mass is 9.76. The summed E-state index contributed by atoms with van der Waals surface area (Å²) in [6, 6.07) is 3.93. The van der Waals surface area contributed by atoms with Crippen LogP contribution in [-0.4, -0.2) is 55.4 Å². The van der Waals surface area contributed by atoms with E-state index < -0.39 is 67.5 Å². The van der Waals surface area contributed by atoms with Crippen LogP contribution in [0.1, 0.15) is 63.1 Å². The van der Waals surface area contributed by atoms with Crippen LogP contribution in [0.3, 0.4) is 0 Å². The summed E-state index contributed by atoms with van der Waals surface area (Å²) in [6.07, 6.45) is -14.0. The first kappa shape index (κ1) is 33.2. The number of hydrogen-bond acceptors (Lipinski definition) is 4. The maximum atomic E-state index is 15.0. The van der Waals surface area contributed by atoms with Gasteiger partial charge in [-0.25, -0.2) is 17.2 Å². The summed E-state index contributed by atoms with van der Waals surface area (Å²) >= 11 is 0. The molecule has 0 saturated carbocycles. The second-order valence-electron chi connectivity index (χ2n) is 11.8. The van der Waals surface area contributed by atoms with Gasteiger partial charge in [-0.3, -0.25) is 4.79 Å². The molecule has 3 atom stereocenters. The van der Waals surface area contributed by atoms with E-state index in [4.69, 9.17) is 0 Å². The van der Waals surface area contributed by atoms with Gasteiger partial charge in [-0.2, -0.15) is 26.3 Å². The third-order valence-electron chi connectivity index (χ3n) is 8.82. The van der Waals surface area contributed by atoms with Crippen molar-refractivity contribution < 1.29 is 53.4 Å². The van der Waals surface area contributed by atoms with E-state index in [1.54, 1.807) is 13.8 Å². The van der Waals surface area contributed by atoms with Crippen molar-refractivity contribution >= 4 is 15.7 Å². The molecule has 43 heavy (non-hydrogen) atoms. The van der Waals surface area contributed by atoms with Crippen molar-refractivity contribution in [2.75, 3.05) is 6.54 Å².